The Balaban J connectivity index is 0.00000261. The average Bonchev–Trinajstić information content (AvgIpc) is 2.61. The minimum absolute atomic E-state index is 0. The van der Waals surface area contributed by atoms with E-state index in [1.165, 1.54) is 0 Å². The highest BCUT2D eigenvalue weighted by Gasteiger charge is 2.34. The fraction of sp³-hybridized carbons (Fsp3) is 0.143. The molecule has 0 saturated heterocycles. The molecule has 0 spiro atoms. The molecule has 0 unspecified atom stereocenters. The van der Waals surface area contributed by atoms with Crippen molar-refractivity contribution in [2.45, 2.75) is 20.8 Å². The van der Waals surface area contributed by atoms with Crippen molar-refractivity contribution in [3.63, 3.8) is 0 Å². The van der Waals surface area contributed by atoms with Gasteiger partial charge in [0.05, 0.1) is 0 Å². The SMILES string of the molecule is Cc1ccccc1OP(=O)(Oc1ccccc1C)Oc1ccccc1C.[MgH2]. The summed E-state index contributed by atoms with van der Waals surface area (Å²) in [6, 6.07) is 22.0. The van der Waals surface area contributed by atoms with Crippen LogP contribution in [0.2, 0.25) is 0 Å². The molecule has 0 bridgehead atoms. The fourth-order valence-corrected chi connectivity index (χ4v) is 3.84. The molecule has 0 aromatic heterocycles. The molecule has 0 N–H and O–H groups in total. The van der Waals surface area contributed by atoms with Crippen LogP contribution in [0.4, 0.5) is 0 Å². The summed E-state index contributed by atoms with van der Waals surface area (Å²) in [5, 5.41) is 0. The van der Waals surface area contributed by atoms with E-state index in [1.807, 2.05) is 75.4 Å². The molecule has 0 amide bonds. The molecule has 3 rings (SSSR count). The predicted molar refractivity (Wildman–Crippen MR) is 112 cm³/mol. The van der Waals surface area contributed by atoms with Gasteiger partial charge in [-0.25, -0.2) is 0 Å². The smallest absolute Gasteiger partial charge is 0.386 e. The van der Waals surface area contributed by atoms with Crippen molar-refractivity contribution in [3.8, 4) is 17.2 Å². The zero-order valence-corrected chi connectivity index (χ0v) is 15.9. The molecule has 3 aromatic carbocycles. The van der Waals surface area contributed by atoms with Gasteiger partial charge in [0.2, 0.25) is 0 Å². The Morgan fingerprint density at radius 1 is 0.556 bits per heavy atom. The average molecular weight is 395 g/mol. The highest BCUT2D eigenvalue weighted by atomic mass is 31.2. The monoisotopic (exact) mass is 394 g/mol. The Labute approximate surface area is 176 Å². The third-order valence-corrected chi connectivity index (χ3v) is 5.17. The third-order valence-electron chi connectivity index (χ3n) is 3.91. The highest BCUT2D eigenvalue weighted by molar-refractivity contribution is 7.49. The van der Waals surface area contributed by atoms with Gasteiger partial charge in [-0.2, -0.15) is 4.57 Å². The van der Waals surface area contributed by atoms with E-state index in [0.29, 0.717) is 17.2 Å². The summed E-state index contributed by atoms with van der Waals surface area (Å²) in [5.74, 6) is 1.37. The molecule has 138 valence electrons. The highest BCUT2D eigenvalue weighted by Crippen LogP contribution is 2.51. The van der Waals surface area contributed by atoms with E-state index in [2.05, 4.69) is 0 Å². The number of hydrogen-bond acceptors (Lipinski definition) is 4. The molecule has 4 nitrogen and oxygen atoms in total. The lowest BCUT2D eigenvalue weighted by Gasteiger charge is -2.21. The molecular weight excluding hydrogens is 372 g/mol. The Bertz CT molecular complexity index is 836. The van der Waals surface area contributed by atoms with Crippen LogP contribution < -0.4 is 13.6 Å². The molecular formula is C21H23MgO4P. The second-order valence-electron chi connectivity index (χ2n) is 6.02. The molecule has 0 radical (unpaired) electrons. The van der Waals surface area contributed by atoms with Crippen molar-refractivity contribution in [2.24, 2.45) is 0 Å². The lowest BCUT2D eigenvalue weighted by Crippen LogP contribution is -2.09. The first-order valence-corrected chi connectivity index (χ1v) is 9.79. The standard InChI is InChI=1S/C21H21O4P.Mg.2H/c1-16-10-4-7-13-19(16)23-26(22,24-20-14-8-5-11-17(20)2)25-21-15-9-6-12-18(21)3;;;/h4-15H,1-3H3;;;. The van der Waals surface area contributed by atoms with Crippen LogP contribution in [-0.4, -0.2) is 23.1 Å². The van der Waals surface area contributed by atoms with Gasteiger partial charge >= 0.3 is 30.9 Å². The van der Waals surface area contributed by atoms with Crippen LogP contribution in [0.15, 0.2) is 72.8 Å². The van der Waals surface area contributed by atoms with Crippen molar-refractivity contribution in [2.75, 3.05) is 0 Å². The summed E-state index contributed by atoms with van der Waals surface area (Å²) in [6.07, 6.45) is 0. The van der Waals surface area contributed by atoms with Crippen molar-refractivity contribution < 1.29 is 18.1 Å². The predicted octanol–water partition coefficient (Wildman–Crippen LogP) is 5.34. The molecule has 0 atom stereocenters. The van der Waals surface area contributed by atoms with Crippen LogP contribution in [0.25, 0.3) is 0 Å². The molecule has 3 aromatic rings. The van der Waals surface area contributed by atoms with Gasteiger partial charge in [0.25, 0.3) is 0 Å². The van der Waals surface area contributed by atoms with Gasteiger partial charge in [0, 0.05) is 0 Å². The van der Waals surface area contributed by atoms with Gasteiger partial charge in [-0.3, -0.25) is 0 Å². The van der Waals surface area contributed by atoms with Crippen LogP contribution >= 0.6 is 7.82 Å². The first-order valence-electron chi connectivity index (χ1n) is 8.32. The Morgan fingerprint density at radius 3 is 1.07 bits per heavy atom. The van der Waals surface area contributed by atoms with Crippen LogP contribution in [0.5, 0.6) is 17.2 Å². The molecule has 27 heavy (non-hydrogen) atoms. The zero-order chi connectivity index (χ0) is 18.6. The Morgan fingerprint density at radius 2 is 0.815 bits per heavy atom. The summed E-state index contributed by atoms with van der Waals surface area (Å²) in [7, 11) is -3.97. The zero-order valence-electron chi connectivity index (χ0n) is 15.0. The van der Waals surface area contributed by atoms with E-state index in [4.69, 9.17) is 13.6 Å². The first kappa shape index (κ1) is 21.4. The van der Waals surface area contributed by atoms with E-state index in [9.17, 15) is 4.57 Å². The van der Waals surface area contributed by atoms with Gasteiger partial charge in [-0.15, -0.1) is 0 Å². The Kier molecular flexibility index (Phi) is 7.37. The van der Waals surface area contributed by atoms with E-state index < -0.39 is 7.82 Å². The van der Waals surface area contributed by atoms with Crippen LogP contribution in [-0.2, 0) is 4.57 Å². The van der Waals surface area contributed by atoms with Crippen molar-refractivity contribution in [1.82, 2.24) is 0 Å². The number of rotatable bonds is 6. The molecule has 0 saturated carbocycles. The second kappa shape index (κ2) is 9.31. The summed E-state index contributed by atoms with van der Waals surface area (Å²) in [5.41, 5.74) is 2.53. The van der Waals surface area contributed by atoms with Crippen molar-refractivity contribution in [3.05, 3.63) is 89.5 Å². The van der Waals surface area contributed by atoms with E-state index in [-0.39, 0.29) is 23.1 Å². The topological polar surface area (TPSA) is 44.8 Å². The lowest BCUT2D eigenvalue weighted by molar-refractivity contribution is 0.296. The summed E-state index contributed by atoms with van der Waals surface area (Å²) in [4.78, 5) is 0. The quantitative estimate of drug-likeness (QED) is 0.418. The van der Waals surface area contributed by atoms with Gasteiger partial charge < -0.3 is 13.6 Å². The number of benzene rings is 3. The molecule has 0 fully saturated rings. The van der Waals surface area contributed by atoms with E-state index in [0.717, 1.165) is 16.7 Å². The molecule has 0 aliphatic rings. The van der Waals surface area contributed by atoms with Crippen LogP contribution in [0.3, 0.4) is 0 Å². The first-order chi connectivity index (χ1) is 12.5. The summed E-state index contributed by atoms with van der Waals surface area (Å²) >= 11 is 0. The molecule has 0 heterocycles. The molecule has 6 heteroatoms. The minimum atomic E-state index is -3.97. The van der Waals surface area contributed by atoms with E-state index >= 15 is 0 Å². The number of phosphoric ester groups is 1. The fourth-order valence-electron chi connectivity index (χ4n) is 2.39. The number of para-hydroxylation sites is 3. The maximum absolute atomic E-state index is 13.5. The number of phosphoric acid groups is 1. The van der Waals surface area contributed by atoms with Crippen LogP contribution in [0, 0.1) is 20.8 Å². The maximum atomic E-state index is 13.5. The van der Waals surface area contributed by atoms with Gasteiger partial charge in [-0.05, 0) is 55.7 Å². The third kappa shape index (κ3) is 5.52. The number of hydrogen-bond donors (Lipinski definition) is 0. The number of aryl methyl sites for hydroxylation is 3. The van der Waals surface area contributed by atoms with Crippen molar-refractivity contribution in [1.29, 1.82) is 0 Å². The van der Waals surface area contributed by atoms with Gasteiger partial charge in [-0.1, -0.05) is 54.6 Å². The largest absolute Gasteiger partial charge is 0.647 e. The van der Waals surface area contributed by atoms with Crippen molar-refractivity contribution >= 4 is 30.9 Å². The van der Waals surface area contributed by atoms with Gasteiger partial charge in [0.1, 0.15) is 17.2 Å². The summed E-state index contributed by atoms with van der Waals surface area (Å²) < 4.78 is 30.8. The molecule has 0 aliphatic carbocycles. The minimum Gasteiger partial charge on any atom is -0.386 e. The lowest BCUT2D eigenvalue weighted by atomic mass is 10.2. The maximum Gasteiger partial charge on any atom is 0.647 e. The Hall–Kier alpha value is -1.94. The normalized spacial score (nSPS) is 10.6. The van der Waals surface area contributed by atoms with Crippen LogP contribution in [0.1, 0.15) is 16.7 Å². The second-order valence-corrected chi connectivity index (χ2v) is 7.46. The van der Waals surface area contributed by atoms with Gasteiger partial charge in [0.15, 0.2) is 0 Å². The molecule has 0 aliphatic heterocycles. The summed E-state index contributed by atoms with van der Waals surface area (Å²) in [6.45, 7) is 5.63. The van der Waals surface area contributed by atoms with E-state index in [1.54, 1.807) is 18.2 Å².